The fourth-order valence-electron chi connectivity index (χ4n) is 5.76. The maximum Gasteiger partial charge on any atom is 0.233 e. The molecule has 1 spiro atoms. The Morgan fingerprint density at radius 1 is 1.19 bits per heavy atom. The van der Waals surface area contributed by atoms with E-state index in [2.05, 4.69) is 31.6 Å². The van der Waals surface area contributed by atoms with Crippen LogP contribution in [0.3, 0.4) is 0 Å². The number of aromatic nitrogens is 4. The van der Waals surface area contributed by atoms with Crippen LogP contribution in [0.5, 0.6) is 0 Å². The van der Waals surface area contributed by atoms with Crippen molar-refractivity contribution in [3.8, 4) is 0 Å². The van der Waals surface area contributed by atoms with E-state index in [1.165, 1.54) is 0 Å². The smallest absolute Gasteiger partial charge is 0.233 e. The molecule has 1 aliphatic carbocycles. The highest BCUT2D eigenvalue weighted by Crippen LogP contribution is 2.40. The number of piperidine rings is 1. The molecule has 10 nitrogen and oxygen atoms in total. The molecular formula is C27H30N8O2. The van der Waals surface area contributed by atoms with Gasteiger partial charge in [0.05, 0.1) is 11.3 Å². The molecule has 2 amide bonds. The van der Waals surface area contributed by atoms with Crippen LogP contribution in [0.4, 0.5) is 17.6 Å². The number of carbonyl (C=O) groups is 2. The first-order chi connectivity index (χ1) is 17.9. The van der Waals surface area contributed by atoms with Crippen LogP contribution < -0.4 is 21.3 Å². The number of nitrogens with two attached hydrogens (primary N) is 1. The molecule has 0 bridgehead atoms. The van der Waals surface area contributed by atoms with Gasteiger partial charge in [-0.2, -0.15) is 0 Å². The third kappa shape index (κ3) is 4.02. The van der Waals surface area contributed by atoms with Crippen LogP contribution in [0.2, 0.25) is 0 Å². The second kappa shape index (κ2) is 9.02. The van der Waals surface area contributed by atoms with Gasteiger partial charge in [0, 0.05) is 38.2 Å². The highest BCUT2D eigenvalue weighted by molar-refractivity contribution is 5.96. The maximum absolute atomic E-state index is 12.9. The molecule has 3 aromatic heterocycles. The first-order valence-corrected chi connectivity index (χ1v) is 12.7. The fraction of sp³-hybridized carbons (Fsp3) is 0.370. The number of amides is 2. The van der Waals surface area contributed by atoms with Crippen molar-refractivity contribution in [1.29, 1.82) is 0 Å². The number of pyridine rings is 1. The molecular weight excluding hydrogens is 468 g/mol. The molecule has 4 N–H and O–H groups in total. The minimum Gasteiger partial charge on any atom is -0.382 e. The van der Waals surface area contributed by atoms with Crippen LogP contribution in [-0.4, -0.2) is 50.8 Å². The molecule has 3 aromatic rings. The van der Waals surface area contributed by atoms with Gasteiger partial charge in [0.25, 0.3) is 0 Å². The SMILES string of the molecule is CC1C=C(c2nc(N3CCC4(CCNC4=O)CC3)n3ccnc(N)c23)C=CC1C(=O)Nc1ccccn1. The topological polar surface area (TPSA) is 131 Å². The van der Waals surface area contributed by atoms with Gasteiger partial charge in [-0.1, -0.05) is 31.2 Å². The minimum atomic E-state index is -0.328. The summed E-state index contributed by atoms with van der Waals surface area (Å²) in [5.41, 5.74) is 8.49. The van der Waals surface area contributed by atoms with Crippen molar-refractivity contribution in [2.45, 2.75) is 26.2 Å². The van der Waals surface area contributed by atoms with Gasteiger partial charge in [0.1, 0.15) is 22.8 Å². The van der Waals surface area contributed by atoms with E-state index in [1.807, 2.05) is 41.8 Å². The van der Waals surface area contributed by atoms with Gasteiger partial charge >= 0.3 is 0 Å². The lowest BCUT2D eigenvalue weighted by Gasteiger charge is -2.37. The van der Waals surface area contributed by atoms with Crippen molar-refractivity contribution < 1.29 is 9.59 Å². The molecule has 190 valence electrons. The third-order valence-corrected chi connectivity index (χ3v) is 7.92. The van der Waals surface area contributed by atoms with E-state index in [4.69, 9.17) is 10.7 Å². The summed E-state index contributed by atoms with van der Waals surface area (Å²) in [4.78, 5) is 41.1. The summed E-state index contributed by atoms with van der Waals surface area (Å²) >= 11 is 0. The molecule has 2 fully saturated rings. The van der Waals surface area contributed by atoms with Gasteiger partial charge in [-0.25, -0.2) is 15.0 Å². The number of rotatable bonds is 4. The Balaban J connectivity index is 1.27. The standard InChI is InChI=1S/C27H30N8O2/c1-17-16-18(5-6-19(17)24(36)32-20-4-2-3-10-29-20)21-22-23(28)30-12-15-35(22)26(33-21)34-13-8-27(9-14-34)7-11-31-25(27)37/h2-6,10,12,15-17,19H,7-9,11,13-14H2,1H3,(H2,28,30)(H,31,37)(H,29,32,36). The largest absolute Gasteiger partial charge is 0.382 e. The highest BCUT2D eigenvalue weighted by Gasteiger charge is 2.45. The van der Waals surface area contributed by atoms with Gasteiger partial charge in [-0.05, 0) is 42.9 Å². The second-order valence-corrected chi connectivity index (χ2v) is 10.1. The Morgan fingerprint density at radius 3 is 2.73 bits per heavy atom. The summed E-state index contributed by atoms with van der Waals surface area (Å²) in [6.07, 6.45) is 13.6. The zero-order valence-electron chi connectivity index (χ0n) is 20.7. The number of allylic oxidation sites excluding steroid dienone is 3. The number of fused-ring (bicyclic) bond motifs is 1. The zero-order chi connectivity index (χ0) is 25.6. The van der Waals surface area contributed by atoms with Crippen LogP contribution in [0.25, 0.3) is 11.1 Å². The van der Waals surface area contributed by atoms with Gasteiger partial charge < -0.3 is 21.3 Å². The van der Waals surface area contributed by atoms with Gasteiger partial charge in [0.15, 0.2) is 0 Å². The van der Waals surface area contributed by atoms with E-state index in [-0.39, 0.29) is 29.1 Å². The molecule has 2 saturated heterocycles. The van der Waals surface area contributed by atoms with Crippen LogP contribution in [0.1, 0.15) is 31.9 Å². The Kier molecular flexibility index (Phi) is 5.66. The number of hydrogen-bond donors (Lipinski definition) is 3. The number of nitrogens with zero attached hydrogens (tertiary/aromatic N) is 5. The van der Waals surface area contributed by atoms with Gasteiger partial charge in [-0.3, -0.25) is 14.0 Å². The molecule has 2 aliphatic heterocycles. The van der Waals surface area contributed by atoms with E-state index in [0.717, 1.165) is 61.6 Å². The molecule has 2 atom stereocenters. The Hall–Kier alpha value is -4.21. The molecule has 0 radical (unpaired) electrons. The number of imidazole rings is 1. The lowest BCUT2D eigenvalue weighted by Crippen LogP contribution is -2.44. The lowest BCUT2D eigenvalue weighted by molar-refractivity contribution is -0.128. The average molecular weight is 499 g/mol. The lowest BCUT2D eigenvalue weighted by atomic mass is 9.77. The summed E-state index contributed by atoms with van der Waals surface area (Å²) in [5, 5.41) is 5.89. The minimum absolute atomic E-state index is 0.0578. The summed E-state index contributed by atoms with van der Waals surface area (Å²) < 4.78 is 1.99. The van der Waals surface area contributed by atoms with Crippen LogP contribution in [-0.2, 0) is 9.59 Å². The van der Waals surface area contributed by atoms with Crippen molar-refractivity contribution in [3.63, 3.8) is 0 Å². The molecule has 3 aliphatic rings. The normalized spacial score (nSPS) is 22.8. The first-order valence-electron chi connectivity index (χ1n) is 12.7. The van der Waals surface area contributed by atoms with Crippen LogP contribution >= 0.6 is 0 Å². The number of nitrogen functional groups attached to an aromatic ring is 1. The van der Waals surface area contributed by atoms with Crippen molar-refractivity contribution >= 4 is 40.5 Å². The molecule has 37 heavy (non-hydrogen) atoms. The molecule has 10 heteroatoms. The monoisotopic (exact) mass is 498 g/mol. The van der Waals surface area contributed by atoms with E-state index < -0.39 is 0 Å². The Bertz CT molecular complexity index is 1420. The molecule has 0 saturated carbocycles. The zero-order valence-corrected chi connectivity index (χ0v) is 20.7. The van der Waals surface area contributed by atoms with Gasteiger partial charge in [0.2, 0.25) is 17.8 Å². The quantitative estimate of drug-likeness (QED) is 0.504. The van der Waals surface area contributed by atoms with E-state index >= 15 is 0 Å². The Labute approximate surface area is 214 Å². The first kappa shape index (κ1) is 23.2. The molecule has 0 aromatic carbocycles. The number of anilines is 3. The number of nitrogens with one attached hydrogen (secondary N) is 2. The number of carbonyl (C=O) groups excluding carboxylic acids is 2. The molecule has 5 heterocycles. The van der Waals surface area contributed by atoms with Crippen molar-refractivity contribution in [2.24, 2.45) is 17.3 Å². The van der Waals surface area contributed by atoms with Gasteiger partial charge in [-0.15, -0.1) is 0 Å². The van der Waals surface area contributed by atoms with Crippen molar-refractivity contribution in [1.82, 2.24) is 24.7 Å². The van der Waals surface area contributed by atoms with E-state index in [0.29, 0.717) is 11.6 Å². The Morgan fingerprint density at radius 2 is 2.03 bits per heavy atom. The highest BCUT2D eigenvalue weighted by atomic mass is 16.2. The third-order valence-electron chi connectivity index (χ3n) is 7.92. The fourth-order valence-corrected chi connectivity index (χ4v) is 5.76. The second-order valence-electron chi connectivity index (χ2n) is 10.1. The van der Waals surface area contributed by atoms with Crippen LogP contribution in [0, 0.1) is 17.3 Å². The van der Waals surface area contributed by atoms with E-state index in [1.54, 1.807) is 18.5 Å². The van der Waals surface area contributed by atoms with E-state index in [9.17, 15) is 9.59 Å². The summed E-state index contributed by atoms with van der Waals surface area (Å²) in [5.74, 6) is 1.42. The molecule has 6 rings (SSSR count). The summed E-state index contributed by atoms with van der Waals surface area (Å²) in [7, 11) is 0. The predicted molar refractivity (Wildman–Crippen MR) is 142 cm³/mol. The summed E-state index contributed by atoms with van der Waals surface area (Å²) in [6, 6.07) is 5.42. The number of hydrogen-bond acceptors (Lipinski definition) is 7. The predicted octanol–water partition coefficient (Wildman–Crippen LogP) is 2.66. The molecule has 2 unspecified atom stereocenters. The average Bonchev–Trinajstić information content (AvgIpc) is 3.47. The summed E-state index contributed by atoms with van der Waals surface area (Å²) in [6.45, 7) is 4.27. The van der Waals surface area contributed by atoms with Crippen molar-refractivity contribution in [3.05, 3.63) is 60.7 Å². The van der Waals surface area contributed by atoms with Crippen molar-refractivity contribution in [2.75, 3.05) is 35.6 Å². The van der Waals surface area contributed by atoms with Crippen LogP contribution in [0.15, 0.2) is 55.0 Å². The maximum atomic E-state index is 12.9.